The van der Waals surface area contributed by atoms with E-state index >= 15 is 0 Å². The number of aromatic nitrogens is 6. The number of rotatable bonds is 8. The van der Waals surface area contributed by atoms with Crippen molar-refractivity contribution in [3.8, 4) is 34.1 Å². The Hall–Kier alpha value is -4.81. The topological polar surface area (TPSA) is 97.3 Å². The first-order valence-electron chi connectivity index (χ1n) is 11.9. The minimum atomic E-state index is 0.619. The maximum atomic E-state index is 4.65. The van der Waals surface area contributed by atoms with Crippen molar-refractivity contribution >= 4 is 17.5 Å². The van der Waals surface area contributed by atoms with Crippen LogP contribution < -0.4 is 10.6 Å². The molecule has 5 rings (SSSR count). The molecule has 9 heteroatoms. The molecule has 0 saturated carbocycles. The molecular formula is C28H27N9. The van der Waals surface area contributed by atoms with E-state index in [0.29, 0.717) is 6.54 Å². The summed E-state index contributed by atoms with van der Waals surface area (Å²) in [4.78, 5) is 12.8. The summed E-state index contributed by atoms with van der Waals surface area (Å²) in [6.07, 6.45) is 14.9. The van der Waals surface area contributed by atoms with Gasteiger partial charge >= 0.3 is 0 Å². The molecule has 0 aliphatic rings. The van der Waals surface area contributed by atoms with Crippen molar-refractivity contribution in [1.29, 1.82) is 0 Å². The first-order valence-corrected chi connectivity index (χ1v) is 11.9. The third-order valence-corrected chi connectivity index (χ3v) is 5.76. The van der Waals surface area contributed by atoms with E-state index in [2.05, 4.69) is 59.8 Å². The molecule has 0 unspecified atom stereocenters. The molecule has 0 fully saturated rings. The lowest BCUT2D eigenvalue weighted by atomic mass is 10.0. The van der Waals surface area contributed by atoms with E-state index < -0.39 is 0 Å². The van der Waals surface area contributed by atoms with Crippen molar-refractivity contribution in [3.05, 3.63) is 84.8 Å². The number of fused-ring (bicyclic) bond motifs is 1. The van der Waals surface area contributed by atoms with Gasteiger partial charge in [0, 0.05) is 97.8 Å². The van der Waals surface area contributed by atoms with Crippen molar-refractivity contribution in [3.63, 3.8) is 0 Å². The Morgan fingerprint density at radius 1 is 0.973 bits per heavy atom. The smallest absolute Gasteiger partial charge is 0.125 e. The molecule has 0 aliphatic heterocycles. The van der Waals surface area contributed by atoms with Gasteiger partial charge < -0.3 is 10.6 Å². The molecule has 0 spiro atoms. The summed E-state index contributed by atoms with van der Waals surface area (Å²) in [6, 6.07) is 10.0. The van der Waals surface area contributed by atoms with Crippen LogP contribution in [0.3, 0.4) is 0 Å². The second kappa shape index (κ2) is 11.3. The Labute approximate surface area is 215 Å². The molecule has 0 aromatic carbocycles. The van der Waals surface area contributed by atoms with Crippen LogP contribution in [0.5, 0.6) is 0 Å². The van der Waals surface area contributed by atoms with Gasteiger partial charge in [-0.15, -0.1) is 0 Å². The average Bonchev–Trinajstić information content (AvgIpc) is 3.55. The van der Waals surface area contributed by atoms with Gasteiger partial charge in [-0.1, -0.05) is 11.8 Å². The van der Waals surface area contributed by atoms with Gasteiger partial charge in [0.15, 0.2) is 0 Å². The molecule has 37 heavy (non-hydrogen) atoms. The van der Waals surface area contributed by atoms with E-state index in [0.717, 1.165) is 57.8 Å². The molecule has 184 valence electrons. The van der Waals surface area contributed by atoms with Gasteiger partial charge in [0.2, 0.25) is 0 Å². The van der Waals surface area contributed by atoms with Crippen LogP contribution in [0.25, 0.3) is 27.8 Å². The number of nitrogens with zero attached hydrogens (tertiary/aromatic N) is 7. The minimum Gasteiger partial charge on any atom is -0.369 e. The first-order chi connectivity index (χ1) is 18.2. The lowest BCUT2D eigenvalue weighted by molar-refractivity contribution is 0.768. The molecule has 0 amide bonds. The Kier molecular flexibility index (Phi) is 7.29. The van der Waals surface area contributed by atoms with Gasteiger partial charge in [0.25, 0.3) is 0 Å². The summed E-state index contributed by atoms with van der Waals surface area (Å²) in [7, 11) is 3.67. The molecule has 0 radical (unpaired) electrons. The van der Waals surface area contributed by atoms with E-state index in [4.69, 9.17) is 0 Å². The number of nitrogens with one attached hydrogen (secondary N) is 2. The largest absolute Gasteiger partial charge is 0.369 e. The minimum absolute atomic E-state index is 0.619. The van der Waals surface area contributed by atoms with Crippen molar-refractivity contribution in [2.24, 2.45) is 12.0 Å². The van der Waals surface area contributed by atoms with Crippen molar-refractivity contribution < 1.29 is 0 Å². The fourth-order valence-electron chi connectivity index (χ4n) is 4.00. The summed E-state index contributed by atoms with van der Waals surface area (Å²) in [5.41, 5.74) is 6.98. The van der Waals surface area contributed by atoms with Crippen molar-refractivity contribution in [1.82, 2.24) is 34.7 Å². The fourth-order valence-corrected chi connectivity index (χ4v) is 4.00. The number of hydrogen-bond donors (Lipinski definition) is 2. The van der Waals surface area contributed by atoms with Gasteiger partial charge in [-0.3, -0.25) is 14.7 Å². The maximum absolute atomic E-state index is 4.65. The van der Waals surface area contributed by atoms with Crippen LogP contribution >= 0.6 is 0 Å². The van der Waals surface area contributed by atoms with Gasteiger partial charge in [-0.25, -0.2) is 9.50 Å². The molecule has 2 N–H and O–H groups in total. The number of pyridine rings is 3. The third-order valence-electron chi connectivity index (χ3n) is 5.76. The highest BCUT2D eigenvalue weighted by molar-refractivity contribution is 5.97. The van der Waals surface area contributed by atoms with Gasteiger partial charge in [-0.05, 0) is 30.3 Å². The van der Waals surface area contributed by atoms with Gasteiger partial charge in [0.05, 0.1) is 24.5 Å². The van der Waals surface area contributed by atoms with Crippen LogP contribution in [-0.2, 0) is 7.05 Å². The van der Waals surface area contributed by atoms with E-state index in [9.17, 15) is 0 Å². The number of anilines is 1. The Morgan fingerprint density at radius 2 is 1.86 bits per heavy atom. The van der Waals surface area contributed by atoms with Crippen LogP contribution in [0.1, 0.15) is 11.1 Å². The highest BCUT2D eigenvalue weighted by atomic mass is 15.2. The molecule has 0 atom stereocenters. The molecular weight excluding hydrogens is 462 g/mol. The number of aliphatic imine (C=N–C) groups is 1. The van der Waals surface area contributed by atoms with E-state index in [-0.39, 0.29) is 0 Å². The molecule has 5 aromatic heterocycles. The van der Waals surface area contributed by atoms with Crippen LogP contribution in [0.15, 0.2) is 78.7 Å². The SMILES string of the molecule is C/N=C\c1cnn2cc(-c3cnn(C)c3)cc(-c3ccc(NCCNCC#Cc4ccncc4)nc3)c12. The first kappa shape index (κ1) is 23.9. The molecule has 0 aliphatic carbocycles. The highest BCUT2D eigenvalue weighted by Crippen LogP contribution is 2.31. The molecule has 9 nitrogen and oxygen atoms in total. The van der Waals surface area contributed by atoms with E-state index in [1.165, 1.54) is 0 Å². The maximum Gasteiger partial charge on any atom is 0.125 e. The molecule has 5 aromatic rings. The van der Waals surface area contributed by atoms with Gasteiger partial charge in [0.1, 0.15) is 5.82 Å². The zero-order valence-corrected chi connectivity index (χ0v) is 20.8. The fraction of sp³-hybridized carbons (Fsp3) is 0.179. The molecule has 0 bridgehead atoms. The zero-order chi connectivity index (χ0) is 25.5. The average molecular weight is 490 g/mol. The van der Waals surface area contributed by atoms with Crippen LogP contribution in [0.4, 0.5) is 5.82 Å². The Bertz CT molecular complexity index is 1570. The van der Waals surface area contributed by atoms with E-state index in [1.807, 2.05) is 67.0 Å². The number of aryl methyl sites for hydroxylation is 1. The van der Waals surface area contributed by atoms with Crippen molar-refractivity contribution in [2.75, 3.05) is 32.0 Å². The quantitative estimate of drug-likeness (QED) is 0.197. The second-order valence-corrected chi connectivity index (χ2v) is 8.40. The molecule has 0 saturated heterocycles. The summed E-state index contributed by atoms with van der Waals surface area (Å²) in [5.74, 6) is 7.04. The summed E-state index contributed by atoms with van der Waals surface area (Å²) < 4.78 is 3.69. The lowest BCUT2D eigenvalue weighted by Crippen LogP contribution is -2.22. The van der Waals surface area contributed by atoms with E-state index in [1.54, 1.807) is 24.1 Å². The van der Waals surface area contributed by atoms with Gasteiger partial charge in [-0.2, -0.15) is 10.2 Å². The van der Waals surface area contributed by atoms with Crippen molar-refractivity contribution in [2.45, 2.75) is 0 Å². The normalized spacial score (nSPS) is 11.1. The van der Waals surface area contributed by atoms with Crippen LogP contribution in [0.2, 0.25) is 0 Å². The lowest BCUT2D eigenvalue weighted by Gasteiger charge is -2.10. The van der Waals surface area contributed by atoms with Crippen LogP contribution in [-0.4, -0.2) is 62.3 Å². The predicted octanol–water partition coefficient (Wildman–Crippen LogP) is 3.29. The zero-order valence-electron chi connectivity index (χ0n) is 20.8. The number of hydrogen-bond acceptors (Lipinski definition) is 7. The standard InChI is InChI=1S/C28H27N9/c1-29-15-24-17-35-37-20-23(25-18-34-36(2)19-25)14-26(28(24)37)22-5-6-27(33-16-22)32-13-12-30-9-3-4-21-7-10-31-11-8-21/h5-8,10-11,14-20,30H,9,12-13H2,1-2H3,(H,32,33)/b29-15-. The second-order valence-electron chi connectivity index (χ2n) is 8.40. The summed E-state index contributed by atoms with van der Waals surface area (Å²) >= 11 is 0. The molecule has 5 heterocycles. The predicted molar refractivity (Wildman–Crippen MR) is 147 cm³/mol. The monoisotopic (exact) mass is 489 g/mol. The Balaban J connectivity index is 1.28. The Morgan fingerprint density at radius 3 is 2.62 bits per heavy atom. The highest BCUT2D eigenvalue weighted by Gasteiger charge is 2.14. The third kappa shape index (κ3) is 5.72. The van der Waals surface area contributed by atoms with Crippen LogP contribution in [0, 0.1) is 11.8 Å². The summed E-state index contributed by atoms with van der Waals surface area (Å²) in [5, 5.41) is 15.6. The summed E-state index contributed by atoms with van der Waals surface area (Å²) in [6.45, 7) is 2.13.